The lowest BCUT2D eigenvalue weighted by molar-refractivity contribution is 0.563. The van der Waals surface area contributed by atoms with Crippen molar-refractivity contribution in [1.29, 1.82) is 0 Å². The molecule has 0 aliphatic rings. The van der Waals surface area contributed by atoms with Gasteiger partial charge in [0.15, 0.2) is 0 Å². The van der Waals surface area contributed by atoms with Crippen LogP contribution in [-0.4, -0.2) is 0 Å². The Hall–Kier alpha value is -3.92. The van der Waals surface area contributed by atoms with Gasteiger partial charge in [-0.15, -0.1) is 0 Å². The van der Waals surface area contributed by atoms with Crippen LogP contribution in [0.25, 0.3) is 44.2 Å². The molecule has 0 N–H and O–H groups in total. The lowest BCUT2D eigenvalue weighted by Gasteiger charge is -2.05. The van der Waals surface area contributed by atoms with Gasteiger partial charge >= 0.3 is 11.3 Å². The Balaban J connectivity index is 1.60. The Morgan fingerprint density at radius 3 is 1.32 bits per heavy atom. The Kier molecular flexibility index (Phi) is 3.69. The maximum Gasteiger partial charge on any atom is 0.344 e. The molecule has 4 heteroatoms. The van der Waals surface area contributed by atoms with E-state index in [9.17, 15) is 9.59 Å². The molecule has 5 aromatic rings. The summed E-state index contributed by atoms with van der Waals surface area (Å²) < 4.78 is 10.8. The zero-order valence-corrected chi connectivity index (χ0v) is 14.7. The third kappa shape index (κ3) is 2.72. The van der Waals surface area contributed by atoms with Crippen LogP contribution >= 0.6 is 0 Å². The van der Waals surface area contributed by atoms with Crippen LogP contribution in [0, 0.1) is 0 Å². The predicted octanol–water partition coefficient (Wildman–Crippen LogP) is 5.23. The van der Waals surface area contributed by atoms with Gasteiger partial charge in [0.25, 0.3) is 0 Å². The van der Waals surface area contributed by atoms with Crippen molar-refractivity contribution < 1.29 is 8.83 Å². The van der Waals surface area contributed by atoms with Crippen molar-refractivity contribution in [3.8, 4) is 22.3 Å². The van der Waals surface area contributed by atoms with Crippen LogP contribution in [0.15, 0.2) is 103 Å². The summed E-state index contributed by atoms with van der Waals surface area (Å²) in [5.41, 5.74) is 2.75. The van der Waals surface area contributed by atoms with E-state index in [0.29, 0.717) is 22.3 Å². The molecule has 0 saturated heterocycles. The van der Waals surface area contributed by atoms with Crippen LogP contribution in [0.4, 0.5) is 0 Å². The van der Waals surface area contributed by atoms with Crippen LogP contribution in [0.1, 0.15) is 0 Å². The second-order valence-corrected chi connectivity index (χ2v) is 6.55. The van der Waals surface area contributed by atoms with E-state index in [2.05, 4.69) is 0 Å². The number of para-hydroxylation sites is 2. The fourth-order valence-corrected chi connectivity index (χ4v) is 3.36. The Bertz CT molecular complexity index is 1330. The first-order chi connectivity index (χ1) is 13.7. The molecule has 0 radical (unpaired) electrons. The molecule has 2 aromatic heterocycles. The first-order valence-electron chi connectivity index (χ1n) is 8.86. The first-order valence-corrected chi connectivity index (χ1v) is 8.86. The normalized spacial score (nSPS) is 11.1. The highest BCUT2D eigenvalue weighted by atomic mass is 16.4. The van der Waals surface area contributed by atoms with Crippen LogP contribution in [0.3, 0.4) is 0 Å². The fraction of sp³-hybridized carbons (Fsp3) is 0. The number of hydrogen-bond donors (Lipinski definition) is 0. The molecule has 0 atom stereocenters. The molecular formula is C24H14O4. The number of hydrogen-bond acceptors (Lipinski definition) is 4. The van der Waals surface area contributed by atoms with Gasteiger partial charge in [0.05, 0.1) is 11.1 Å². The molecule has 4 nitrogen and oxygen atoms in total. The molecule has 0 bridgehead atoms. The summed E-state index contributed by atoms with van der Waals surface area (Å²) in [5, 5.41) is 1.72. The second kappa shape index (κ2) is 6.35. The van der Waals surface area contributed by atoms with Gasteiger partial charge in [-0.25, -0.2) is 9.59 Å². The van der Waals surface area contributed by atoms with Crippen LogP contribution in [-0.2, 0) is 0 Å². The highest BCUT2D eigenvalue weighted by Gasteiger charge is 2.10. The summed E-state index contributed by atoms with van der Waals surface area (Å²) in [6.45, 7) is 0. The van der Waals surface area contributed by atoms with Gasteiger partial charge in [-0.3, -0.25) is 0 Å². The maximum atomic E-state index is 12.4. The largest absolute Gasteiger partial charge is 0.422 e. The third-order valence-corrected chi connectivity index (χ3v) is 4.79. The fourth-order valence-electron chi connectivity index (χ4n) is 3.36. The van der Waals surface area contributed by atoms with E-state index in [1.807, 2.05) is 72.8 Å². The summed E-state index contributed by atoms with van der Waals surface area (Å²) in [6, 6.07) is 25.7. The lowest BCUT2D eigenvalue weighted by Crippen LogP contribution is -2.04. The van der Waals surface area contributed by atoms with Crippen molar-refractivity contribution in [3.05, 3.63) is 106 Å². The van der Waals surface area contributed by atoms with E-state index < -0.39 is 11.3 Å². The van der Waals surface area contributed by atoms with E-state index >= 15 is 0 Å². The smallest absolute Gasteiger partial charge is 0.344 e. The van der Waals surface area contributed by atoms with Gasteiger partial charge in [-0.2, -0.15) is 0 Å². The van der Waals surface area contributed by atoms with Crippen molar-refractivity contribution in [3.63, 3.8) is 0 Å². The minimum Gasteiger partial charge on any atom is -0.422 e. The number of fused-ring (bicyclic) bond motifs is 2. The predicted molar refractivity (Wildman–Crippen MR) is 109 cm³/mol. The standard InChI is InChI=1S/C24H14O4/c25-23-19(13-17-5-1-3-7-21(17)27-23)15-9-11-16(12-10-15)20-14-18-6-2-4-8-22(18)28-24(20)26/h1-14H. The van der Waals surface area contributed by atoms with Crippen molar-refractivity contribution in [2.24, 2.45) is 0 Å². The third-order valence-electron chi connectivity index (χ3n) is 4.79. The summed E-state index contributed by atoms with van der Waals surface area (Å²) >= 11 is 0. The molecule has 0 saturated carbocycles. The van der Waals surface area contributed by atoms with Crippen molar-refractivity contribution in [1.82, 2.24) is 0 Å². The maximum absolute atomic E-state index is 12.4. The lowest BCUT2D eigenvalue weighted by atomic mass is 10.0. The van der Waals surface area contributed by atoms with Crippen molar-refractivity contribution in [2.45, 2.75) is 0 Å². The molecule has 134 valence electrons. The van der Waals surface area contributed by atoms with Crippen molar-refractivity contribution in [2.75, 3.05) is 0 Å². The molecule has 0 aliphatic carbocycles. The minimum absolute atomic E-state index is 0.392. The van der Waals surface area contributed by atoms with E-state index in [1.165, 1.54) is 0 Å². The zero-order valence-electron chi connectivity index (χ0n) is 14.7. The molecule has 0 aliphatic heterocycles. The average Bonchev–Trinajstić information content (AvgIpc) is 2.73. The SMILES string of the molecule is O=c1oc2ccccc2cc1-c1ccc(-c2cc3ccccc3oc2=O)cc1. The first kappa shape index (κ1) is 16.3. The molecular weight excluding hydrogens is 352 g/mol. The van der Waals surface area contributed by atoms with Gasteiger partial charge < -0.3 is 8.83 Å². The number of benzene rings is 3. The van der Waals surface area contributed by atoms with E-state index in [4.69, 9.17) is 8.83 Å². The molecule has 2 heterocycles. The molecule has 5 rings (SSSR count). The summed E-state index contributed by atoms with van der Waals surface area (Å²) in [6.07, 6.45) is 0. The Morgan fingerprint density at radius 1 is 0.500 bits per heavy atom. The van der Waals surface area contributed by atoms with Gasteiger partial charge in [-0.05, 0) is 35.4 Å². The van der Waals surface area contributed by atoms with Gasteiger partial charge in [0.1, 0.15) is 11.2 Å². The summed E-state index contributed by atoms with van der Waals surface area (Å²) in [5.74, 6) is 0. The molecule has 0 unspecified atom stereocenters. The molecule has 0 spiro atoms. The van der Waals surface area contributed by atoms with Crippen LogP contribution < -0.4 is 11.3 Å². The van der Waals surface area contributed by atoms with E-state index in [0.717, 1.165) is 21.9 Å². The average molecular weight is 366 g/mol. The quantitative estimate of drug-likeness (QED) is 0.401. The number of rotatable bonds is 2. The molecule has 3 aromatic carbocycles. The summed E-state index contributed by atoms with van der Waals surface area (Å²) in [4.78, 5) is 24.7. The topological polar surface area (TPSA) is 60.4 Å². The van der Waals surface area contributed by atoms with Gasteiger partial charge in [-0.1, -0.05) is 60.7 Å². The van der Waals surface area contributed by atoms with E-state index in [-0.39, 0.29) is 0 Å². The highest BCUT2D eigenvalue weighted by Crippen LogP contribution is 2.25. The van der Waals surface area contributed by atoms with Crippen LogP contribution in [0.2, 0.25) is 0 Å². The van der Waals surface area contributed by atoms with Gasteiger partial charge in [0.2, 0.25) is 0 Å². The second-order valence-electron chi connectivity index (χ2n) is 6.55. The molecule has 0 fully saturated rings. The van der Waals surface area contributed by atoms with Crippen LogP contribution in [0.5, 0.6) is 0 Å². The Labute approximate surface area is 159 Å². The van der Waals surface area contributed by atoms with Gasteiger partial charge in [0, 0.05) is 10.8 Å². The monoisotopic (exact) mass is 366 g/mol. The van der Waals surface area contributed by atoms with E-state index in [1.54, 1.807) is 12.1 Å². The summed E-state index contributed by atoms with van der Waals surface area (Å²) in [7, 11) is 0. The molecule has 0 amide bonds. The minimum atomic E-state index is -0.392. The molecule has 28 heavy (non-hydrogen) atoms. The zero-order chi connectivity index (χ0) is 19.1. The Morgan fingerprint density at radius 2 is 0.893 bits per heavy atom. The van der Waals surface area contributed by atoms with Crippen molar-refractivity contribution >= 4 is 21.9 Å². The highest BCUT2D eigenvalue weighted by molar-refractivity contribution is 5.83.